The Balaban J connectivity index is 1.06. The van der Waals surface area contributed by atoms with E-state index in [1.165, 1.54) is 11.1 Å². The van der Waals surface area contributed by atoms with E-state index >= 15 is 0 Å². The molecule has 0 radical (unpaired) electrons. The summed E-state index contributed by atoms with van der Waals surface area (Å²) in [5, 5.41) is 0. The number of rotatable bonds is 6. The van der Waals surface area contributed by atoms with Gasteiger partial charge in [0.15, 0.2) is 0 Å². The Morgan fingerprint density at radius 1 is 1.04 bits per heavy atom. The van der Waals surface area contributed by atoms with E-state index in [9.17, 15) is 13.6 Å². The van der Waals surface area contributed by atoms with E-state index < -0.39 is 12.0 Å². The fourth-order valence-corrected chi connectivity index (χ4v) is 8.48. The maximum absolute atomic E-state index is 14.6. The van der Waals surface area contributed by atoms with Crippen molar-refractivity contribution in [3.63, 3.8) is 0 Å². The van der Waals surface area contributed by atoms with Crippen LogP contribution in [0.25, 0.3) is 0 Å². The summed E-state index contributed by atoms with van der Waals surface area (Å²) in [6.45, 7) is 13.0. The molecule has 2 aromatic rings. The van der Waals surface area contributed by atoms with Crippen LogP contribution in [-0.2, 0) is 21.5 Å². The van der Waals surface area contributed by atoms with E-state index in [-0.39, 0.29) is 23.4 Å². The second-order valence-corrected chi connectivity index (χ2v) is 15.2. The summed E-state index contributed by atoms with van der Waals surface area (Å²) < 4.78 is 40.7. The van der Waals surface area contributed by atoms with E-state index in [1.54, 1.807) is 12.0 Å². The number of carbonyl (C=O) groups excluding carboxylic acids is 1. The molecule has 9 nitrogen and oxygen atoms in total. The number of nitrogens with zero attached hydrogens (tertiary/aromatic N) is 6. The van der Waals surface area contributed by atoms with Gasteiger partial charge in [-0.25, -0.2) is 18.6 Å². The average Bonchev–Trinajstić information content (AvgIpc) is 3.85. The van der Waals surface area contributed by atoms with Crippen LogP contribution in [0.1, 0.15) is 99.7 Å². The Kier molecular flexibility index (Phi) is 8.60. The van der Waals surface area contributed by atoms with Gasteiger partial charge in [0.2, 0.25) is 0 Å². The van der Waals surface area contributed by atoms with E-state index in [0.29, 0.717) is 37.3 Å². The Bertz CT molecular complexity index is 1480. The molecule has 0 unspecified atom stereocenters. The molecule has 0 aromatic carbocycles. The molecule has 5 aliphatic rings. The van der Waals surface area contributed by atoms with Crippen LogP contribution in [0.3, 0.4) is 0 Å². The van der Waals surface area contributed by atoms with Crippen molar-refractivity contribution in [2.24, 2.45) is 0 Å². The minimum absolute atomic E-state index is 0.0455. The minimum atomic E-state index is -2.61. The number of hydrogen-bond donors (Lipinski definition) is 0. The highest BCUT2D eigenvalue weighted by Crippen LogP contribution is 2.51. The molecule has 1 aliphatic carbocycles. The van der Waals surface area contributed by atoms with E-state index in [1.807, 2.05) is 27.0 Å². The van der Waals surface area contributed by atoms with Gasteiger partial charge in [0.1, 0.15) is 22.7 Å². The summed E-state index contributed by atoms with van der Waals surface area (Å²) in [6.07, 6.45) is 5.33. The van der Waals surface area contributed by atoms with Crippen molar-refractivity contribution in [3.05, 3.63) is 46.4 Å². The quantitative estimate of drug-likeness (QED) is 0.366. The van der Waals surface area contributed by atoms with Gasteiger partial charge in [-0.1, -0.05) is 0 Å². The highest BCUT2D eigenvalue weighted by atomic mass is 19.3. The molecular weight excluding hydrogens is 602 g/mol. The number of pyridine rings is 2. The van der Waals surface area contributed by atoms with Crippen molar-refractivity contribution in [1.29, 1.82) is 0 Å². The molecule has 0 bridgehead atoms. The lowest BCUT2D eigenvalue weighted by atomic mass is 9.84. The largest absolute Gasteiger partial charge is 0.444 e. The van der Waals surface area contributed by atoms with Gasteiger partial charge < -0.3 is 24.2 Å². The summed E-state index contributed by atoms with van der Waals surface area (Å²) in [6, 6.07) is 4.82. The first-order valence-electron chi connectivity index (χ1n) is 17.5. The van der Waals surface area contributed by atoms with Gasteiger partial charge in [0.25, 0.3) is 6.43 Å². The average molecular weight is 653 g/mol. The number of methoxy groups -OCH3 is 1. The number of piperidine rings is 1. The molecule has 1 saturated carbocycles. The highest BCUT2D eigenvalue weighted by Gasteiger charge is 2.49. The van der Waals surface area contributed by atoms with Crippen molar-refractivity contribution in [3.8, 4) is 0 Å². The maximum Gasteiger partial charge on any atom is 0.410 e. The first kappa shape index (κ1) is 32.5. The number of aryl methyl sites for hydroxylation is 1. The van der Waals surface area contributed by atoms with Gasteiger partial charge in [0, 0.05) is 88.5 Å². The Morgan fingerprint density at radius 2 is 1.77 bits per heavy atom. The minimum Gasteiger partial charge on any atom is -0.444 e. The van der Waals surface area contributed by atoms with Crippen LogP contribution in [-0.4, -0.2) is 96.5 Å². The summed E-state index contributed by atoms with van der Waals surface area (Å²) in [4.78, 5) is 30.9. The van der Waals surface area contributed by atoms with Gasteiger partial charge in [-0.05, 0) is 95.8 Å². The molecular formula is C36H50F2N6O3. The third kappa shape index (κ3) is 6.18. The van der Waals surface area contributed by atoms with Crippen molar-refractivity contribution >= 4 is 17.6 Å². The van der Waals surface area contributed by atoms with Crippen LogP contribution in [0, 0.1) is 6.92 Å². The number of anilines is 2. The fourth-order valence-electron chi connectivity index (χ4n) is 8.48. The second kappa shape index (κ2) is 12.4. The molecule has 3 saturated heterocycles. The first-order valence-corrected chi connectivity index (χ1v) is 17.5. The summed E-state index contributed by atoms with van der Waals surface area (Å²) in [7, 11) is 1.78. The molecule has 7 rings (SSSR count). The zero-order valence-corrected chi connectivity index (χ0v) is 28.6. The molecule has 256 valence electrons. The predicted molar refractivity (Wildman–Crippen MR) is 178 cm³/mol. The molecule has 4 aliphatic heterocycles. The first-order chi connectivity index (χ1) is 22.5. The zero-order chi connectivity index (χ0) is 33.1. The molecule has 4 fully saturated rings. The van der Waals surface area contributed by atoms with Gasteiger partial charge in [-0.15, -0.1) is 0 Å². The van der Waals surface area contributed by atoms with E-state index in [4.69, 9.17) is 14.5 Å². The molecule has 6 heterocycles. The predicted octanol–water partition coefficient (Wildman–Crippen LogP) is 6.19. The third-order valence-corrected chi connectivity index (χ3v) is 11.2. The standard InChI is InChI=1S/C36H50F2N6O3/c1-23-9-14-39-32(36(46-5)12-13-36)30(23)24-10-15-42(16-11-24)29-21-27-25(31(40-29)33(37)38)7-6-8-26-28(22-44(26)27)41-17-19-43(20-18-41)34(45)47-35(2,3)4/h9,14,21,24,26,28,33H,6-8,10-13,15-20,22H2,1-5H3/t26-,28+/m0/s1. The molecule has 47 heavy (non-hydrogen) atoms. The van der Waals surface area contributed by atoms with Crippen molar-refractivity contribution in [1.82, 2.24) is 19.8 Å². The van der Waals surface area contributed by atoms with Crippen LogP contribution in [0.4, 0.5) is 25.1 Å². The summed E-state index contributed by atoms with van der Waals surface area (Å²) in [5.74, 6) is 1.03. The number of hydrogen-bond acceptors (Lipinski definition) is 8. The molecule has 11 heteroatoms. The number of alkyl halides is 2. The number of halogens is 2. The van der Waals surface area contributed by atoms with Crippen molar-refractivity contribution in [2.45, 2.75) is 108 Å². The van der Waals surface area contributed by atoms with Crippen LogP contribution in [0.5, 0.6) is 0 Å². The highest BCUT2D eigenvalue weighted by molar-refractivity contribution is 5.68. The zero-order valence-electron chi connectivity index (χ0n) is 28.6. The molecule has 1 amide bonds. The lowest BCUT2D eigenvalue weighted by molar-refractivity contribution is 0.00473. The number of amides is 1. The number of piperazine rings is 1. The van der Waals surface area contributed by atoms with E-state index in [2.05, 4.69) is 38.7 Å². The number of fused-ring (bicyclic) bond motifs is 3. The third-order valence-electron chi connectivity index (χ3n) is 11.2. The van der Waals surface area contributed by atoms with Gasteiger partial charge in [-0.3, -0.25) is 9.88 Å². The number of ether oxygens (including phenoxy) is 2. The summed E-state index contributed by atoms with van der Waals surface area (Å²) >= 11 is 0. The fraction of sp³-hybridized carbons (Fsp3) is 0.694. The smallest absolute Gasteiger partial charge is 0.410 e. The molecule has 2 aromatic heterocycles. The second-order valence-electron chi connectivity index (χ2n) is 15.2. The van der Waals surface area contributed by atoms with Gasteiger partial charge in [0.05, 0.1) is 5.69 Å². The molecule has 2 atom stereocenters. The van der Waals surface area contributed by atoms with Crippen molar-refractivity contribution in [2.75, 3.05) is 62.7 Å². The number of carbonyl (C=O) groups is 1. The van der Waals surface area contributed by atoms with Gasteiger partial charge in [-0.2, -0.15) is 0 Å². The Morgan fingerprint density at radius 3 is 2.40 bits per heavy atom. The molecule has 0 N–H and O–H groups in total. The van der Waals surface area contributed by atoms with Crippen molar-refractivity contribution < 1.29 is 23.0 Å². The van der Waals surface area contributed by atoms with E-state index in [0.717, 1.165) is 88.2 Å². The SMILES string of the molecule is COC1(c2nccc(C)c2C2CCN(c3cc4c(c(C(F)F)n3)CCC[C@H]3[C@H](N5CCN(C(=O)OC(C)(C)C)CC5)CN43)CC2)CC1. The van der Waals surface area contributed by atoms with Gasteiger partial charge >= 0.3 is 6.09 Å². The number of aromatic nitrogens is 2. The Hall–Kier alpha value is -3.05. The van der Waals surface area contributed by atoms with Crippen LogP contribution in [0.2, 0.25) is 0 Å². The van der Waals surface area contributed by atoms with Crippen LogP contribution >= 0.6 is 0 Å². The van der Waals surface area contributed by atoms with Crippen LogP contribution in [0.15, 0.2) is 18.3 Å². The summed E-state index contributed by atoms with van der Waals surface area (Å²) in [5.41, 5.74) is 4.52. The monoisotopic (exact) mass is 652 g/mol. The topological polar surface area (TPSA) is 74.3 Å². The lowest BCUT2D eigenvalue weighted by Crippen LogP contribution is -2.69. The van der Waals surface area contributed by atoms with Crippen LogP contribution < -0.4 is 9.80 Å². The molecule has 0 spiro atoms. The normalized spacial score (nSPS) is 24.8. The maximum atomic E-state index is 14.6. The lowest BCUT2D eigenvalue weighted by Gasteiger charge is -2.55. The Labute approximate surface area is 277 Å².